The Balaban J connectivity index is 2.29. The molecule has 25 heavy (non-hydrogen) atoms. The van der Waals surface area contributed by atoms with Crippen molar-refractivity contribution in [2.24, 2.45) is 0 Å². The van der Waals surface area contributed by atoms with Crippen LogP contribution in [-0.4, -0.2) is 31.5 Å². The second-order valence-corrected chi connectivity index (χ2v) is 6.46. The van der Waals surface area contributed by atoms with Gasteiger partial charge in [0.15, 0.2) is 0 Å². The van der Waals surface area contributed by atoms with Crippen molar-refractivity contribution in [3.63, 3.8) is 0 Å². The van der Waals surface area contributed by atoms with Crippen molar-refractivity contribution in [2.75, 3.05) is 19.5 Å². The van der Waals surface area contributed by atoms with Crippen LogP contribution in [0.1, 0.15) is 29.8 Å². The van der Waals surface area contributed by atoms with Gasteiger partial charge in [0, 0.05) is 4.90 Å². The Hall–Kier alpha value is -2.04. The molecule has 0 aliphatic heterocycles. The van der Waals surface area contributed by atoms with Crippen molar-refractivity contribution >= 4 is 23.8 Å². The SMILES string of the molecule is C=Cc1[c]cccc1-c1cccc(C(=O)OCCOC(C)C)c1SC. The summed E-state index contributed by atoms with van der Waals surface area (Å²) in [5, 5.41) is 0. The highest BCUT2D eigenvalue weighted by molar-refractivity contribution is 7.98. The van der Waals surface area contributed by atoms with E-state index in [1.165, 1.54) is 11.8 Å². The van der Waals surface area contributed by atoms with Crippen molar-refractivity contribution in [1.82, 2.24) is 0 Å². The monoisotopic (exact) mass is 355 g/mol. The average Bonchev–Trinajstić information content (AvgIpc) is 2.64. The first-order chi connectivity index (χ1) is 12.1. The molecule has 4 heteroatoms. The maximum Gasteiger partial charge on any atom is 0.339 e. The Morgan fingerprint density at radius 3 is 2.68 bits per heavy atom. The largest absolute Gasteiger partial charge is 0.460 e. The topological polar surface area (TPSA) is 35.5 Å². The van der Waals surface area contributed by atoms with Crippen LogP contribution >= 0.6 is 11.8 Å². The molecule has 0 spiro atoms. The van der Waals surface area contributed by atoms with Crippen LogP contribution in [0.15, 0.2) is 47.9 Å². The summed E-state index contributed by atoms with van der Waals surface area (Å²) in [6, 6.07) is 14.6. The number of hydrogen-bond donors (Lipinski definition) is 0. The summed E-state index contributed by atoms with van der Waals surface area (Å²) in [5.74, 6) is -0.335. The molecule has 0 atom stereocenters. The first kappa shape index (κ1) is 19.3. The highest BCUT2D eigenvalue weighted by atomic mass is 32.2. The van der Waals surface area contributed by atoms with Crippen LogP contribution in [-0.2, 0) is 9.47 Å². The van der Waals surface area contributed by atoms with Gasteiger partial charge in [0.25, 0.3) is 0 Å². The van der Waals surface area contributed by atoms with Gasteiger partial charge in [0.1, 0.15) is 6.61 Å². The molecule has 0 aliphatic rings. The maximum atomic E-state index is 12.5. The lowest BCUT2D eigenvalue weighted by atomic mass is 9.98. The standard InChI is InChI=1S/C21H23O3S/c1-5-16-9-6-7-10-17(16)18-11-8-12-19(20(18)25-4)21(22)24-14-13-23-15(2)3/h5-8,10-12,15H,1,13-14H2,2-4H3. The first-order valence-corrected chi connectivity index (χ1v) is 9.40. The van der Waals surface area contributed by atoms with Crippen LogP contribution < -0.4 is 0 Å². The Kier molecular flexibility index (Phi) is 7.29. The number of ether oxygens (including phenoxy) is 2. The Morgan fingerprint density at radius 1 is 1.24 bits per heavy atom. The quantitative estimate of drug-likeness (QED) is 0.375. The van der Waals surface area contributed by atoms with E-state index in [-0.39, 0.29) is 18.7 Å². The molecule has 3 nitrogen and oxygen atoms in total. The van der Waals surface area contributed by atoms with Crippen LogP contribution in [0.4, 0.5) is 0 Å². The highest BCUT2D eigenvalue weighted by Gasteiger charge is 2.17. The molecule has 0 N–H and O–H groups in total. The summed E-state index contributed by atoms with van der Waals surface area (Å²) in [6.45, 7) is 8.39. The third-order valence-corrected chi connectivity index (χ3v) is 4.44. The minimum Gasteiger partial charge on any atom is -0.460 e. The molecule has 0 amide bonds. The Bertz CT molecular complexity index is 738. The van der Waals surface area contributed by atoms with Crippen LogP contribution in [0.2, 0.25) is 0 Å². The fourth-order valence-electron chi connectivity index (χ4n) is 2.48. The fourth-order valence-corrected chi connectivity index (χ4v) is 3.25. The Morgan fingerprint density at radius 2 is 2.00 bits per heavy atom. The lowest BCUT2D eigenvalue weighted by Crippen LogP contribution is -2.14. The predicted octanol–water partition coefficient (Wildman–Crippen LogP) is 5.10. The second kappa shape index (κ2) is 9.44. The summed E-state index contributed by atoms with van der Waals surface area (Å²) in [6.07, 6.45) is 3.85. The Labute approximate surface area is 154 Å². The molecule has 2 aromatic carbocycles. The minimum absolute atomic E-state index is 0.121. The van der Waals surface area contributed by atoms with Gasteiger partial charge in [-0.05, 0) is 48.9 Å². The van der Waals surface area contributed by atoms with Crippen LogP contribution in [0.3, 0.4) is 0 Å². The number of benzene rings is 2. The molecule has 131 valence electrons. The normalized spacial score (nSPS) is 10.7. The molecule has 0 saturated carbocycles. The van der Waals surface area contributed by atoms with Gasteiger partial charge >= 0.3 is 5.97 Å². The van der Waals surface area contributed by atoms with E-state index in [2.05, 4.69) is 12.6 Å². The van der Waals surface area contributed by atoms with E-state index < -0.39 is 0 Å². The average molecular weight is 355 g/mol. The lowest BCUT2D eigenvalue weighted by molar-refractivity contribution is 0.0174. The van der Waals surface area contributed by atoms with Crippen molar-refractivity contribution in [3.05, 3.63) is 60.2 Å². The molecule has 0 aliphatic carbocycles. The number of rotatable bonds is 8. The maximum absolute atomic E-state index is 12.5. The summed E-state index contributed by atoms with van der Waals surface area (Å²) < 4.78 is 10.8. The fraction of sp³-hybridized carbons (Fsp3) is 0.286. The van der Waals surface area contributed by atoms with E-state index in [9.17, 15) is 4.79 Å². The van der Waals surface area contributed by atoms with Crippen LogP contribution in [0.5, 0.6) is 0 Å². The molecular formula is C21H23O3S. The van der Waals surface area contributed by atoms with E-state index in [1.54, 1.807) is 12.1 Å². The minimum atomic E-state index is -0.335. The zero-order valence-electron chi connectivity index (χ0n) is 14.9. The van der Waals surface area contributed by atoms with Gasteiger partial charge < -0.3 is 9.47 Å². The number of carbonyl (C=O) groups excluding carboxylic acids is 1. The van der Waals surface area contributed by atoms with E-state index in [1.807, 2.05) is 50.4 Å². The number of thioether (sulfide) groups is 1. The molecule has 0 heterocycles. The summed E-state index contributed by atoms with van der Waals surface area (Å²) in [4.78, 5) is 13.4. The van der Waals surface area contributed by atoms with Crippen molar-refractivity contribution in [3.8, 4) is 11.1 Å². The molecule has 0 aromatic heterocycles. The number of esters is 1. The van der Waals surface area contributed by atoms with E-state index in [4.69, 9.17) is 9.47 Å². The number of carbonyl (C=O) groups is 1. The van der Waals surface area contributed by atoms with Gasteiger partial charge in [-0.2, -0.15) is 0 Å². The highest BCUT2D eigenvalue weighted by Crippen LogP contribution is 2.35. The van der Waals surface area contributed by atoms with E-state index in [0.717, 1.165) is 21.6 Å². The van der Waals surface area contributed by atoms with Gasteiger partial charge in [-0.15, -0.1) is 11.8 Å². The summed E-state index contributed by atoms with van der Waals surface area (Å²) in [5.41, 5.74) is 3.45. The van der Waals surface area contributed by atoms with E-state index >= 15 is 0 Å². The molecule has 0 fully saturated rings. The smallest absolute Gasteiger partial charge is 0.339 e. The molecule has 0 saturated heterocycles. The van der Waals surface area contributed by atoms with Gasteiger partial charge in [0.05, 0.1) is 18.3 Å². The lowest BCUT2D eigenvalue weighted by Gasteiger charge is -2.14. The first-order valence-electron chi connectivity index (χ1n) is 8.17. The van der Waals surface area contributed by atoms with Crippen LogP contribution in [0, 0.1) is 6.07 Å². The molecule has 2 rings (SSSR count). The molecule has 0 bridgehead atoms. The van der Waals surface area contributed by atoms with Gasteiger partial charge in [0.2, 0.25) is 0 Å². The molecule has 2 aromatic rings. The zero-order chi connectivity index (χ0) is 18.2. The van der Waals surface area contributed by atoms with Gasteiger partial charge in [-0.3, -0.25) is 0 Å². The summed E-state index contributed by atoms with van der Waals surface area (Å²) in [7, 11) is 0. The van der Waals surface area contributed by atoms with Crippen molar-refractivity contribution in [1.29, 1.82) is 0 Å². The van der Waals surface area contributed by atoms with Crippen molar-refractivity contribution in [2.45, 2.75) is 24.8 Å². The van der Waals surface area contributed by atoms with E-state index in [0.29, 0.717) is 12.2 Å². The third kappa shape index (κ3) is 4.97. The van der Waals surface area contributed by atoms with Gasteiger partial charge in [-0.1, -0.05) is 43.0 Å². The number of hydrogen-bond acceptors (Lipinski definition) is 4. The molecular weight excluding hydrogens is 332 g/mol. The predicted molar refractivity (Wildman–Crippen MR) is 104 cm³/mol. The zero-order valence-corrected chi connectivity index (χ0v) is 15.7. The van der Waals surface area contributed by atoms with Gasteiger partial charge in [-0.25, -0.2) is 4.79 Å². The third-order valence-electron chi connectivity index (χ3n) is 3.59. The van der Waals surface area contributed by atoms with Crippen LogP contribution in [0.25, 0.3) is 17.2 Å². The van der Waals surface area contributed by atoms with Crippen molar-refractivity contribution < 1.29 is 14.3 Å². The summed E-state index contributed by atoms with van der Waals surface area (Å²) >= 11 is 1.53. The second-order valence-electron chi connectivity index (χ2n) is 5.64. The molecule has 0 unspecified atom stereocenters. The molecule has 1 radical (unpaired) electrons.